The average molecular weight is 319 g/mol. The predicted octanol–water partition coefficient (Wildman–Crippen LogP) is 1.56. The fourth-order valence-corrected chi connectivity index (χ4v) is 2.58. The number of hydrogen-bond donors (Lipinski definition) is 1. The minimum atomic E-state index is -0.197. The summed E-state index contributed by atoms with van der Waals surface area (Å²) in [5.41, 5.74) is 2.41. The zero-order chi connectivity index (χ0) is 16.8. The summed E-state index contributed by atoms with van der Waals surface area (Å²) in [6.07, 6.45) is 0. The minimum Gasteiger partial charge on any atom is -0.383 e. The van der Waals surface area contributed by atoms with Crippen LogP contribution < -0.4 is 5.32 Å². The van der Waals surface area contributed by atoms with Crippen molar-refractivity contribution in [2.45, 2.75) is 19.8 Å². The van der Waals surface area contributed by atoms with Crippen LogP contribution in [0.5, 0.6) is 0 Å². The second-order valence-electron chi connectivity index (χ2n) is 5.99. The van der Waals surface area contributed by atoms with E-state index in [0.717, 1.165) is 0 Å². The van der Waals surface area contributed by atoms with Gasteiger partial charge in [-0.1, -0.05) is 36.8 Å². The van der Waals surface area contributed by atoms with Gasteiger partial charge in [0.05, 0.1) is 13.3 Å². The molecule has 126 valence electrons. The first-order valence-electron chi connectivity index (χ1n) is 7.87. The number of urea groups is 1. The highest BCUT2D eigenvalue weighted by atomic mass is 16.5. The summed E-state index contributed by atoms with van der Waals surface area (Å²) in [6, 6.07) is 8.07. The topological polar surface area (TPSA) is 61.9 Å². The van der Waals surface area contributed by atoms with Crippen LogP contribution in [0.25, 0.3) is 0 Å². The molecule has 1 saturated heterocycles. The van der Waals surface area contributed by atoms with Gasteiger partial charge in [0.1, 0.15) is 6.54 Å². The first-order valence-corrected chi connectivity index (χ1v) is 7.87. The van der Waals surface area contributed by atoms with Crippen LogP contribution in [0.1, 0.15) is 24.0 Å². The van der Waals surface area contributed by atoms with Gasteiger partial charge in [-0.3, -0.25) is 9.69 Å². The summed E-state index contributed by atoms with van der Waals surface area (Å²) < 4.78 is 4.97. The lowest BCUT2D eigenvalue weighted by Gasteiger charge is -2.20. The summed E-state index contributed by atoms with van der Waals surface area (Å²) >= 11 is 0. The van der Waals surface area contributed by atoms with Gasteiger partial charge >= 0.3 is 6.03 Å². The maximum Gasteiger partial charge on any atom is 0.319 e. The SMILES string of the molecule is COCCN1CN(C(=O)NCC(C)c2cccc(C)c2)CC1=O. The Hall–Kier alpha value is -2.08. The first-order chi connectivity index (χ1) is 11.0. The van der Waals surface area contributed by atoms with Crippen molar-refractivity contribution < 1.29 is 14.3 Å². The van der Waals surface area contributed by atoms with Crippen molar-refractivity contribution in [1.29, 1.82) is 0 Å². The van der Waals surface area contributed by atoms with Crippen molar-refractivity contribution in [2.24, 2.45) is 0 Å². The van der Waals surface area contributed by atoms with E-state index in [1.54, 1.807) is 12.0 Å². The Morgan fingerprint density at radius 3 is 2.91 bits per heavy atom. The Morgan fingerprint density at radius 1 is 1.43 bits per heavy atom. The molecule has 6 nitrogen and oxygen atoms in total. The van der Waals surface area contributed by atoms with Crippen molar-refractivity contribution in [3.05, 3.63) is 35.4 Å². The van der Waals surface area contributed by atoms with Crippen molar-refractivity contribution in [2.75, 3.05) is 40.0 Å². The van der Waals surface area contributed by atoms with E-state index in [2.05, 4.69) is 37.4 Å². The Morgan fingerprint density at radius 2 is 2.22 bits per heavy atom. The second kappa shape index (κ2) is 7.97. The molecule has 0 saturated carbocycles. The maximum atomic E-state index is 12.2. The molecule has 6 heteroatoms. The summed E-state index contributed by atoms with van der Waals surface area (Å²) in [7, 11) is 1.59. The first kappa shape index (κ1) is 17.3. The normalized spacial score (nSPS) is 15.9. The number of ether oxygens (including phenoxy) is 1. The molecule has 1 aromatic rings. The summed E-state index contributed by atoms with van der Waals surface area (Å²) in [5.74, 6) is 0.186. The average Bonchev–Trinajstić information content (AvgIpc) is 2.91. The summed E-state index contributed by atoms with van der Waals surface area (Å²) in [5, 5.41) is 2.92. The summed E-state index contributed by atoms with van der Waals surface area (Å²) in [4.78, 5) is 27.2. The molecule has 3 amide bonds. The lowest BCUT2D eigenvalue weighted by Crippen LogP contribution is -2.41. The Kier molecular flexibility index (Phi) is 5.98. The molecular weight excluding hydrogens is 294 g/mol. The number of methoxy groups -OCH3 is 1. The van der Waals surface area contributed by atoms with Crippen LogP contribution in [0.2, 0.25) is 0 Å². The van der Waals surface area contributed by atoms with Gasteiger partial charge in [0.15, 0.2) is 0 Å². The molecule has 0 radical (unpaired) electrons. The van der Waals surface area contributed by atoms with Crippen molar-refractivity contribution in [3.63, 3.8) is 0 Å². The molecule has 1 fully saturated rings. The number of carbonyl (C=O) groups excluding carboxylic acids is 2. The lowest BCUT2D eigenvalue weighted by atomic mass is 9.99. The van der Waals surface area contributed by atoms with Crippen LogP contribution in [0.4, 0.5) is 4.79 Å². The van der Waals surface area contributed by atoms with E-state index in [1.165, 1.54) is 16.0 Å². The third kappa shape index (κ3) is 4.69. The fourth-order valence-electron chi connectivity index (χ4n) is 2.58. The zero-order valence-electron chi connectivity index (χ0n) is 14.0. The van der Waals surface area contributed by atoms with Gasteiger partial charge in [0, 0.05) is 20.2 Å². The summed E-state index contributed by atoms with van der Waals surface area (Å²) in [6.45, 7) is 6.13. The number of amides is 3. The molecule has 1 aliphatic heterocycles. The van der Waals surface area contributed by atoms with Crippen LogP contribution in [-0.4, -0.2) is 61.8 Å². The molecule has 0 aromatic heterocycles. The second-order valence-corrected chi connectivity index (χ2v) is 5.99. The standard InChI is InChI=1S/C17H25N3O3/c1-13-5-4-6-15(9-13)14(2)10-18-17(22)20-11-16(21)19(12-20)7-8-23-3/h4-6,9,14H,7-8,10-12H2,1-3H3,(H,18,22). The van der Waals surface area contributed by atoms with E-state index in [4.69, 9.17) is 4.74 Å². The highest BCUT2D eigenvalue weighted by Gasteiger charge is 2.30. The maximum absolute atomic E-state index is 12.2. The molecule has 1 aromatic carbocycles. The van der Waals surface area contributed by atoms with Gasteiger partial charge in [-0.15, -0.1) is 0 Å². The molecule has 0 bridgehead atoms. The van der Waals surface area contributed by atoms with Gasteiger partial charge in [-0.05, 0) is 18.4 Å². The molecule has 23 heavy (non-hydrogen) atoms. The van der Waals surface area contributed by atoms with Gasteiger partial charge in [0.2, 0.25) is 5.91 Å². The van der Waals surface area contributed by atoms with Gasteiger partial charge < -0.3 is 15.0 Å². The lowest BCUT2D eigenvalue weighted by molar-refractivity contribution is -0.127. The molecule has 0 aliphatic carbocycles. The van der Waals surface area contributed by atoms with E-state index in [-0.39, 0.29) is 24.4 Å². The number of benzene rings is 1. The number of nitrogens with one attached hydrogen (secondary N) is 1. The highest BCUT2D eigenvalue weighted by Crippen LogP contribution is 2.15. The van der Waals surface area contributed by atoms with E-state index in [0.29, 0.717) is 26.4 Å². The van der Waals surface area contributed by atoms with Crippen LogP contribution in [-0.2, 0) is 9.53 Å². The van der Waals surface area contributed by atoms with Gasteiger partial charge in [-0.2, -0.15) is 0 Å². The van der Waals surface area contributed by atoms with Crippen LogP contribution >= 0.6 is 0 Å². The Labute approximate surface area is 137 Å². The number of carbonyl (C=O) groups is 2. The van der Waals surface area contributed by atoms with Crippen LogP contribution in [0, 0.1) is 6.92 Å². The smallest absolute Gasteiger partial charge is 0.319 e. The number of rotatable bonds is 6. The largest absolute Gasteiger partial charge is 0.383 e. The van der Waals surface area contributed by atoms with Crippen LogP contribution in [0.15, 0.2) is 24.3 Å². The fraction of sp³-hybridized carbons (Fsp3) is 0.529. The van der Waals surface area contributed by atoms with Gasteiger partial charge in [0.25, 0.3) is 0 Å². The molecule has 1 unspecified atom stereocenters. The zero-order valence-corrected chi connectivity index (χ0v) is 14.0. The van der Waals surface area contributed by atoms with Crippen molar-refractivity contribution in [1.82, 2.24) is 15.1 Å². The highest BCUT2D eigenvalue weighted by molar-refractivity contribution is 5.87. The number of aryl methyl sites for hydroxylation is 1. The van der Waals surface area contributed by atoms with E-state index < -0.39 is 0 Å². The molecule has 0 spiro atoms. The van der Waals surface area contributed by atoms with Crippen molar-refractivity contribution >= 4 is 11.9 Å². The molecule has 1 heterocycles. The number of hydrogen-bond acceptors (Lipinski definition) is 3. The minimum absolute atomic E-state index is 0.0380. The van der Waals surface area contributed by atoms with Gasteiger partial charge in [-0.25, -0.2) is 4.79 Å². The molecule has 2 rings (SSSR count). The third-order valence-electron chi connectivity index (χ3n) is 4.04. The van der Waals surface area contributed by atoms with Crippen molar-refractivity contribution in [3.8, 4) is 0 Å². The Bertz CT molecular complexity index is 562. The Balaban J connectivity index is 1.82. The monoisotopic (exact) mass is 319 g/mol. The quantitative estimate of drug-likeness (QED) is 0.865. The molecular formula is C17H25N3O3. The molecule has 1 atom stereocenters. The molecule has 1 aliphatic rings. The third-order valence-corrected chi connectivity index (χ3v) is 4.04. The molecule has 1 N–H and O–H groups in total. The number of nitrogens with zero attached hydrogens (tertiary/aromatic N) is 2. The predicted molar refractivity (Wildman–Crippen MR) is 88.2 cm³/mol. The van der Waals surface area contributed by atoms with E-state index in [9.17, 15) is 9.59 Å². The van der Waals surface area contributed by atoms with E-state index >= 15 is 0 Å². The van der Waals surface area contributed by atoms with Crippen LogP contribution in [0.3, 0.4) is 0 Å². The van der Waals surface area contributed by atoms with E-state index in [1.807, 2.05) is 6.07 Å².